The lowest BCUT2D eigenvalue weighted by Crippen LogP contribution is -2.47. The van der Waals surface area contributed by atoms with Gasteiger partial charge in [0.25, 0.3) is 5.91 Å². The Morgan fingerprint density at radius 1 is 1.33 bits per heavy atom. The lowest BCUT2D eigenvalue weighted by atomic mass is 10.1. The van der Waals surface area contributed by atoms with Crippen LogP contribution in [0, 0.1) is 0 Å². The van der Waals surface area contributed by atoms with E-state index in [0.29, 0.717) is 23.7 Å². The van der Waals surface area contributed by atoms with Crippen molar-refractivity contribution in [1.82, 2.24) is 9.88 Å². The van der Waals surface area contributed by atoms with Crippen LogP contribution in [0.1, 0.15) is 32.1 Å². The second kappa shape index (κ2) is 7.73. The summed E-state index contributed by atoms with van der Waals surface area (Å²) in [5.74, 6) is 0.333. The zero-order valence-corrected chi connectivity index (χ0v) is 14.9. The van der Waals surface area contributed by atoms with Crippen molar-refractivity contribution in [3.8, 4) is 5.75 Å². The lowest BCUT2D eigenvalue weighted by Gasteiger charge is -2.25. The van der Waals surface area contributed by atoms with E-state index in [0.717, 1.165) is 5.69 Å². The molecule has 1 aromatic heterocycles. The van der Waals surface area contributed by atoms with Gasteiger partial charge in [0.15, 0.2) is 5.60 Å². The van der Waals surface area contributed by atoms with E-state index in [4.69, 9.17) is 16.3 Å². The van der Waals surface area contributed by atoms with Crippen molar-refractivity contribution in [1.29, 1.82) is 0 Å². The molecule has 130 valence electrons. The summed E-state index contributed by atoms with van der Waals surface area (Å²) < 4.78 is 7.59. The van der Waals surface area contributed by atoms with Crippen LogP contribution >= 0.6 is 11.6 Å². The largest absolute Gasteiger partial charge is 0.478 e. The van der Waals surface area contributed by atoms with Gasteiger partial charge in [-0.2, -0.15) is 0 Å². The molecule has 5 nitrogen and oxygen atoms in total. The van der Waals surface area contributed by atoms with Gasteiger partial charge < -0.3 is 19.7 Å². The normalized spacial score (nSPS) is 12.7. The molecular formula is C18H23ClN2O3. The van der Waals surface area contributed by atoms with Gasteiger partial charge in [-0.25, -0.2) is 0 Å². The molecule has 0 bridgehead atoms. The summed E-state index contributed by atoms with van der Waals surface area (Å²) in [6.07, 6.45) is 1.69. The Bertz CT molecular complexity index is 680. The van der Waals surface area contributed by atoms with E-state index in [1.807, 2.05) is 29.9 Å². The van der Waals surface area contributed by atoms with Gasteiger partial charge in [-0.15, -0.1) is 0 Å². The SMILES string of the molecule is Cn1cccc1[C@@H](O)CCNC(=O)C(C)(C)Oc1ccc(Cl)cc1. The first-order chi connectivity index (χ1) is 11.3. The molecule has 0 unspecified atom stereocenters. The Balaban J connectivity index is 1.84. The maximum atomic E-state index is 12.3. The van der Waals surface area contributed by atoms with E-state index in [9.17, 15) is 9.90 Å². The first-order valence-corrected chi connectivity index (χ1v) is 8.19. The molecule has 0 saturated heterocycles. The van der Waals surface area contributed by atoms with Gasteiger partial charge in [0.05, 0.1) is 6.10 Å². The van der Waals surface area contributed by atoms with Crippen LogP contribution in [0.2, 0.25) is 5.02 Å². The molecule has 0 aliphatic rings. The van der Waals surface area contributed by atoms with E-state index in [1.165, 1.54) is 0 Å². The zero-order chi connectivity index (χ0) is 17.7. The molecule has 1 heterocycles. The second-order valence-electron chi connectivity index (χ2n) is 6.17. The number of carbonyl (C=O) groups is 1. The van der Waals surface area contributed by atoms with Gasteiger partial charge in [0.1, 0.15) is 5.75 Å². The predicted octanol–water partition coefficient (Wildman–Crippen LogP) is 3.08. The van der Waals surface area contributed by atoms with Crippen LogP contribution in [0.15, 0.2) is 42.6 Å². The zero-order valence-electron chi connectivity index (χ0n) is 14.1. The molecule has 0 saturated carbocycles. The molecule has 6 heteroatoms. The smallest absolute Gasteiger partial charge is 0.263 e. The van der Waals surface area contributed by atoms with E-state index in [-0.39, 0.29) is 5.91 Å². The average molecular weight is 351 g/mol. The van der Waals surface area contributed by atoms with Crippen molar-refractivity contribution < 1.29 is 14.6 Å². The van der Waals surface area contributed by atoms with Crippen molar-refractivity contribution in [3.05, 3.63) is 53.3 Å². The number of nitrogens with zero attached hydrogens (tertiary/aromatic N) is 1. The van der Waals surface area contributed by atoms with Crippen LogP contribution in [0.5, 0.6) is 5.75 Å². The fourth-order valence-corrected chi connectivity index (χ4v) is 2.47. The van der Waals surface area contributed by atoms with Gasteiger partial charge in [-0.05, 0) is 56.7 Å². The molecular weight excluding hydrogens is 328 g/mol. The van der Waals surface area contributed by atoms with E-state index < -0.39 is 11.7 Å². The van der Waals surface area contributed by atoms with Gasteiger partial charge in [-0.1, -0.05) is 11.6 Å². The molecule has 0 aliphatic heterocycles. The summed E-state index contributed by atoms with van der Waals surface area (Å²) >= 11 is 5.84. The van der Waals surface area contributed by atoms with Gasteiger partial charge >= 0.3 is 0 Å². The van der Waals surface area contributed by atoms with Crippen LogP contribution in [-0.4, -0.2) is 27.7 Å². The highest BCUT2D eigenvalue weighted by molar-refractivity contribution is 6.30. The number of aromatic nitrogens is 1. The minimum atomic E-state index is -1.02. The summed E-state index contributed by atoms with van der Waals surface area (Å²) in [6.45, 7) is 3.76. The Labute approximate surface area is 147 Å². The summed E-state index contributed by atoms with van der Waals surface area (Å²) in [5.41, 5.74) is -0.204. The third-order valence-electron chi connectivity index (χ3n) is 3.76. The molecule has 0 spiro atoms. The van der Waals surface area contributed by atoms with E-state index in [2.05, 4.69) is 5.32 Å². The second-order valence-corrected chi connectivity index (χ2v) is 6.61. The van der Waals surface area contributed by atoms with Crippen molar-refractivity contribution in [2.24, 2.45) is 7.05 Å². The highest BCUT2D eigenvalue weighted by atomic mass is 35.5. The molecule has 2 rings (SSSR count). The number of benzene rings is 1. The maximum Gasteiger partial charge on any atom is 0.263 e. The molecule has 0 aliphatic carbocycles. The van der Waals surface area contributed by atoms with Crippen molar-refractivity contribution in [2.45, 2.75) is 32.0 Å². The molecule has 1 amide bonds. The predicted molar refractivity (Wildman–Crippen MR) is 94.2 cm³/mol. The topological polar surface area (TPSA) is 63.5 Å². The number of halogens is 1. The number of hydrogen-bond acceptors (Lipinski definition) is 3. The number of aliphatic hydroxyl groups is 1. The van der Waals surface area contributed by atoms with Gasteiger partial charge in [0, 0.05) is 30.5 Å². The Hall–Kier alpha value is -1.98. The molecule has 0 fully saturated rings. The summed E-state index contributed by atoms with van der Waals surface area (Å²) in [7, 11) is 1.88. The number of nitrogens with one attached hydrogen (secondary N) is 1. The summed E-state index contributed by atoms with van der Waals surface area (Å²) in [5, 5.41) is 13.6. The third kappa shape index (κ3) is 4.76. The average Bonchev–Trinajstić information content (AvgIpc) is 2.95. The van der Waals surface area contributed by atoms with Crippen LogP contribution in [0.4, 0.5) is 0 Å². The molecule has 2 N–H and O–H groups in total. The quantitative estimate of drug-likeness (QED) is 0.806. The number of rotatable bonds is 7. The number of ether oxygens (including phenoxy) is 1. The minimum Gasteiger partial charge on any atom is -0.478 e. The number of hydrogen-bond donors (Lipinski definition) is 2. The Kier molecular flexibility index (Phi) is 5.91. The molecule has 0 radical (unpaired) electrons. The highest BCUT2D eigenvalue weighted by Crippen LogP contribution is 2.21. The van der Waals surface area contributed by atoms with Crippen LogP contribution in [-0.2, 0) is 11.8 Å². The summed E-state index contributed by atoms with van der Waals surface area (Å²) in [6, 6.07) is 10.6. The number of amides is 1. The number of carbonyl (C=O) groups excluding carboxylic acids is 1. The lowest BCUT2D eigenvalue weighted by molar-refractivity contribution is -0.134. The van der Waals surface area contributed by atoms with Crippen LogP contribution in [0.3, 0.4) is 0 Å². The Morgan fingerprint density at radius 2 is 2.00 bits per heavy atom. The van der Waals surface area contributed by atoms with Crippen molar-refractivity contribution >= 4 is 17.5 Å². The molecule has 1 atom stereocenters. The molecule has 2 aromatic rings. The third-order valence-corrected chi connectivity index (χ3v) is 4.01. The fourth-order valence-electron chi connectivity index (χ4n) is 2.35. The fraction of sp³-hybridized carbons (Fsp3) is 0.389. The highest BCUT2D eigenvalue weighted by Gasteiger charge is 2.29. The first-order valence-electron chi connectivity index (χ1n) is 7.82. The van der Waals surface area contributed by atoms with E-state index >= 15 is 0 Å². The molecule has 1 aromatic carbocycles. The summed E-state index contributed by atoms with van der Waals surface area (Å²) in [4.78, 5) is 12.3. The van der Waals surface area contributed by atoms with Gasteiger partial charge in [-0.3, -0.25) is 4.79 Å². The minimum absolute atomic E-state index is 0.239. The number of aryl methyl sites for hydroxylation is 1. The standard InChI is InChI=1S/C18H23ClN2O3/c1-18(2,24-14-8-6-13(19)7-9-14)17(23)20-11-10-16(22)15-5-4-12-21(15)3/h4-9,12,16,22H,10-11H2,1-3H3,(H,20,23)/t16-/m0/s1. The first kappa shape index (κ1) is 18.4. The van der Waals surface area contributed by atoms with Crippen molar-refractivity contribution in [3.63, 3.8) is 0 Å². The van der Waals surface area contributed by atoms with E-state index in [1.54, 1.807) is 38.1 Å². The Morgan fingerprint density at radius 3 is 2.58 bits per heavy atom. The van der Waals surface area contributed by atoms with Crippen LogP contribution < -0.4 is 10.1 Å². The van der Waals surface area contributed by atoms with Crippen molar-refractivity contribution in [2.75, 3.05) is 6.54 Å². The monoisotopic (exact) mass is 350 g/mol. The molecule has 24 heavy (non-hydrogen) atoms. The van der Waals surface area contributed by atoms with Gasteiger partial charge in [0.2, 0.25) is 0 Å². The van der Waals surface area contributed by atoms with Crippen LogP contribution in [0.25, 0.3) is 0 Å². The number of aliphatic hydroxyl groups excluding tert-OH is 1. The maximum absolute atomic E-state index is 12.3.